The summed E-state index contributed by atoms with van der Waals surface area (Å²) in [6, 6.07) is 6.89. The highest BCUT2D eigenvalue weighted by molar-refractivity contribution is 5.66. The first kappa shape index (κ1) is 18.2. The van der Waals surface area contributed by atoms with E-state index >= 15 is 0 Å². The van der Waals surface area contributed by atoms with Crippen LogP contribution in [0.2, 0.25) is 0 Å². The van der Waals surface area contributed by atoms with Crippen molar-refractivity contribution in [1.29, 1.82) is 0 Å². The molecule has 0 fully saturated rings. The van der Waals surface area contributed by atoms with Crippen LogP contribution in [0, 0.1) is 5.41 Å². The van der Waals surface area contributed by atoms with Gasteiger partial charge in [-0.3, -0.25) is 0 Å². The Bertz CT molecular complexity index is 566. The molecule has 0 saturated carbocycles. The zero-order valence-electron chi connectivity index (χ0n) is 16.5. The molecule has 0 aliphatic carbocycles. The molecule has 1 atom stereocenters. The number of para-hydroxylation sites is 1. The lowest BCUT2D eigenvalue weighted by molar-refractivity contribution is -0.513. The number of benzene rings is 1. The van der Waals surface area contributed by atoms with E-state index in [-0.39, 0.29) is 5.54 Å². The molecule has 1 aromatic rings. The van der Waals surface area contributed by atoms with Gasteiger partial charge in [-0.15, -0.1) is 0 Å². The lowest BCUT2D eigenvalue weighted by Gasteiger charge is -2.24. The summed E-state index contributed by atoms with van der Waals surface area (Å²) in [6.07, 6.45) is 6.30. The van der Waals surface area contributed by atoms with Crippen molar-refractivity contribution in [1.82, 2.24) is 0 Å². The standard InChI is InChI=1S/C22H36N/c1-9-13-22(8)14-21(6,7)23(15-22)20-18(16(2)3)11-10-12-19(20)17(4)5/h10-12,15-17H,9,13-14H2,1-8H3/q+1. The highest BCUT2D eigenvalue weighted by Gasteiger charge is 2.49. The average Bonchev–Trinajstić information content (AvgIpc) is 2.67. The summed E-state index contributed by atoms with van der Waals surface area (Å²) in [5.74, 6) is 1.09. The third kappa shape index (κ3) is 3.54. The molecule has 0 spiro atoms. The van der Waals surface area contributed by atoms with Gasteiger partial charge in [0.1, 0.15) is 0 Å². The molecule has 1 heterocycles. The van der Waals surface area contributed by atoms with Crippen molar-refractivity contribution < 1.29 is 4.58 Å². The summed E-state index contributed by atoms with van der Waals surface area (Å²) in [4.78, 5) is 0. The van der Waals surface area contributed by atoms with Crippen LogP contribution in [0.25, 0.3) is 0 Å². The van der Waals surface area contributed by atoms with E-state index in [1.165, 1.54) is 36.1 Å². The van der Waals surface area contributed by atoms with Crippen molar-refractivity contribution >= 4 is 11.9 Å². The Labute approximate surface area is 143 Å². The average molecular weight is 315 g/mol. The Kier molecular flexibility index (Phi) is 5.09. The first-order valence-corrected chi connectivity index (χ1v) is 9.39. The van der Waals surface area contributed by atoms with Crippen LogP contribution in [0.4, 0.5) is 5.69 Å². The van der Waals surface area contributed by atoms with E-state index in [4.69, 9.17) is 0 Å². The van der Waals surface area contributed by atoms with Crippen molar-refractivity contribution in [2.45, 2.75) is 92.0 Å². The number of rotatable bonds is 5. The third-order valence-electron chi connectivity index (χ3n) is 5.33. The van der Waals surface area contributed by atoms with E-state index in [0.29, 0.717) is 17.3 Å². The van der Waals surface area contributed by atoms with Gasteiger partial charge in [0.25, 0.3) is 0 Å². The van der Waals surface area contributed by atoms with Gasteiger partial charge >= 0.3 is 0 Å². The number of nitrogens with zero attached hydrogens (tertiary/aromatic N) is 1. The second-order valence-corrected chi connectivity index (χ2v) is 8.99. The van der Waals surface area contributed by atoms with Crippen LogP contribution >= 0.6 is 0 Å². The minimum Gasteiger partial charge on any atom is -0.197 e. The summed E-state index contributed by atoms with van der Waals surface area (Å²) in [5.41, 5.74) is 4.94. The molecule has 23 heavy (non-hydrogen) atoms. The molecule has 0 N–H and O–H groups in total. The smallest absolute Gasteiger partial charge is 0.197 e. The Balaban J connectivity index is 2.68. The van der Waals surface area contributed by atoms with Crippen LogP contribution < -0.4 is 0 Å². The van der Waals surface area contributed by atoms with Crippen molar-refractivity contribution in [3.63, 3.8) is 0 Å². The maximum absolute atomic E-state index is 2.62. The molecule has 1 aliphatic rings. The second-order valence-electron chi connectivity index (χ2n) is 8.99. The van der Waals surface area contributed by atoms with Crippen LogP contribution in [-0.2, 0) is 0 Å². The number of hydrogen-bond donors (Lipinski definition) is 0. The fourth-order valence-electron chi connectivity index (χ4n) is 4.49. The Hall–Kier alpha value is -1.11. The molecule has 0 aromatic heterocycles. The van der Waals surface area contributed by atoms with Gasteiger partial charge < -0.3 is 0 Å². The zero-order valence-corrected chi connectivity index (χ0v) is 16.5. The Morgan fingerprint density at radius 2 is 1.52 bits per heavy atom. The van der Waals surface area contributed by atoms with E-state index in [0.717, 1.165) is 0 Å². The quantitative estimate of drug-likeness (QED) is 0.536. The molecule has 1 aliphatic heterocycles. The lowest BCUT2D eigenvalue weighted by atomic mass is 9.80. The number of hydrogen-bond acceptors (Lipinski definition) is 0. The lowest BCUT2D eigenvalue weighted by Crippen LogP contribution is -2.31. The summed E-state index contributed by atoms with van der Waals surface area (Å²) >= 11 is 0. The maximum Gasteiger partial charge on any atom is 0.212 e. The molecule has 0 bridgehead atoms. The molecular weight excluding hydrogens is 278 g/mol. The van der Waals surface area contributed by atoms with Crippen LogP contribution in [0.3, 0.4) is 0 Å². The predicted molar refractivity (Wildman–Crippen MR) is 102 cm³/mol. The molecular formula is C22H36N+. The van der Waals surface area contributed by atoms with E-state index < -0.39 is 0 Å². The molecule has 1 aromatic carbocycles. The largest absolute Gasteiger partial charge is 0.212 e. The predicted octanol–water partition coefficient (Wildman–Crippen LogP) is 6.64. The third-order valence-corrected chi connectivity index (χ3v) is 5.33. The van der Waals surface area contributed by atoms with Crippen molar-refractivity contribution in [2.75, 3.05) is 0 Å². The van der Waals surface area contributed by atoms with Crippen LogP contribution in [0.5, 0.6) is 0 Å². The highest BCUT2D eigenvalue weighted by Crippen LogP contribution is 2.45. The van der Waals surface area contributed by atoms with Gasteiger partial charge in [0.05, 0.1) is 5.41 Å². The minimum absolute atomic E-state index is 0.179. The van der Waals surface area contributed by atoms with Gasteiger partial charge in [0.2, 0.25) is 5.69 Å². The molecule has 1 heteroatoms. The van der Waals surface area contributed by atoms with Crippen molar-refractivity contribution in [2.24, 2.45) is 5.41 Å². The minimum atomic E-state index is 0.179. The molecule has 1 nitrogen and oxygen atoms in total. The van der Waals surface area contributed by atoms with Crippen LogP contribution in [0.1, 0.15) is 97.6 Å². The molecule has 128 valence electrons. The van der Waals surface area contributed by atoms with E-state index in [9.17, 15) is 0 Å². The SMILES string of the molecule is CCCC1(C)C=[N+](c2c(C(C)C)cccc2C(C)C)C(C)(C)C1. The fourth-order valence-corrected chi connectivity index (χ4v) is 4.49. The van der Waals surface area contributed by atoms with Crippen LogP contribution in [0.15, 0.2) is 18.2 Å². The van der Waals surface area contributed by atoms with Gasteiger partial charge in [-0.05, 0) is 18.3 Å². The Morgan fingerprint density at radius 1 is 1.00 bits per heavy atom. The Morgan fingerprint density at radius 3 is 1.96 bits per heavy atom. The summed E-state index contributed by atoms with van der Waals surface area (Å²) in [5, 5.41) is 0. The topological polar surface area (TPSA) is 3.01 Å². The van der Waals surface area contributed by atoms with Crippen molar-refractivity contribution in [3.8, 4) is 0 Å². The van der Waals surface area contributed by atoms with Gasteiger partial charge in [0.15, 0.2) is 11.8 Å². The van der Waals surface area contributed by atoms with Gasteiger partial charge in [0, 0.05) is 31.4 Å². The van der Waals surface area contributed by atoms with Gasteiger partial charge in [-0.25, -0.2) is 0 Å². The van der Waals surface area contributed by atoms with Gasteiger partial charge in [-0.2, -0.15) is 4.58 Å². The maximum atomic E-state index is 2.62. The zero-order chi connectivity index (χ0) is 17.4. The molecule has 2 rings (SSSR count). The molecule has 0 saturated heterocycles. The van der Waals surface area contributed by atoms with E-state index in [1.54, 1.807) is 0 Å². The normalized spacial score (nSPS) is 23.7. The molecule has 0 radical (unpaired) electrons. The monoisotopic (exact) mass is 314 g/mol. The first-order valence-electron chi connectivity index (χ1n) is 9.39. The van der Waals surface area contributed by atoms with E-state index in [1.807, 2.05) is 0 Å². The highest BCUT2D eigenvalue weighted by atomic mass is 15.1. The van der Waals surface area contributed by atoms with Gasteiger partial charge in [-0.1, -0.05) is 66.2 Å². The van der Waals surface area contributed by atoms with E-state index in [2.05, 4.69) is 84.4 Å². The molecule has 1 unspecified atom stereocenters. The summed E-state index contributed by atoms with van der Waals surface area (Å²) in [7, 11) is 0. The van der Waals surface area contributed by atoms with Crippen LogP contribution in [-0.4, -0.2) is 16.3 Å². The summed E-state index contributed by atoms with van der Waals surface area (Å²) < 4.78 is 2.62. The fraction of sp³-hybridized carbons (Fsp3) is 0.682. The second kappa shape index (κ2) is 6.42. The first-order chi connectivity index (χ1) is 10.6. The molecule has 0 amide bonds. The summed E-state index contributed by atoms with van der Waals surface area (Å²) in [6.45, 7) is 18.8. The van der Waals surface area contributed by atoms with Crippen molar-refractivity contribution in [3.05, 3.63) is 29.3 Å².